The van der Waals surface area contributed by atoms with Gasteiger partial charge in [0.1, 0.15) is 0 Å². The van der Waals surface area contributed by atoms with Gasteiger partial charge >= 0.3 is 0 Å². The quantitative estimate of drug-likeness (QED) is 0.806. The average Bonchev–Trinajstić information content (AvgIpc) is 2.40. The van der Waals surface area contributed by atoms with Gasteiger partial charge in [-0.25, -0.2) is 0 Å². The number of aryl methyl sites for hydroxylation is 1. The van der Waals surface area contributed by atoms with Crippen LogP contribution in [-0.4, -0.2) is 56.3 Å². The Bertz CT molecular complexity index is 377. The summed E-state index contributed by atoms with van der Waals surface area (Å²) in [7, 11) is 1.67. The van der Waals surface area contributed by atoms with Crippen LogP contribution in [-0.2, 0) is 0 Å². The fourth-order valence-electron chi connectivity index (χ4n) is 2.13. The largest absolute Gasteiger partial charge is 0.493 e. The van der Waals surface area contributed by atoms with Gasteiger partial charge in [0, 0.05) is 45.0 Å². The molecule has 2 heterocycles. The van der Waals surface area contributed by atoms with Crippen molar-refractivity contribution in [1.82, 2.24) is 15.2 Å². The van der Waals surface area contributed by atoms with E-state index >= 15 is 0 Å². The molecule has 18 heavy (non-hydrogen) atoms. The van der Waals surface area contributed by atoms with Crippen LogP contribution in [0.1, 0.15) is 5.69 Å². The Morgan fingerprint density at radius 1 is 1.44 bits per heavy atom. The molecule has 1 aromatic rings. The molecule has 1 aliphatic rings. The first-order chi connectivity index (χ1) is 8.79. The van der Waals surface area contributed by atoms with E-state index in [1.165, 1.54) is 0 Å². The van der Waals surface area contributed by atoms with Gasteiger partial charge in [0.2, 0.25) is 0 Å². The molecule has 1 aliphatic heterocycles. The number of piperazine rings is 1. The summed E-state index contributed by atoms with van der Waals surface area (Å²) in [5.41, 5.74) is 2.03. The summed E-state index contributed by atoms with van der Waals surface area (Å²) in [5.74, 6) is 0.806. The fourth-order valence-corrected chi connectivity index (χ4v) is 2.13. The number of ether oxygens (including phenoxy) is 1. The second-order valence-corrected chi connectivity index (χ2v) is 4.54. The van der Waals surface area contributed by atoms with Crippen molar-refractivity contribution in [2.45, 2.75) is 6.92 Å². The minimum absolute atomic E-state index is 0.806. The first-order valence-corrected chi connectivity index (χ1v) is 6.47. The summed E-state index contributed by atoms with van der Waals surface area (Å²) in [6.45, 7) is 8.44. The zero-order chi connectivity index (χ0) is 12.8. The highest BCUT2D eigenvalue weighted by molar-refractivity contribution is 5.55. The second kappa shape index (κ2) is 6.56. The van der Waals surface area contributed by atoms with E-state index in [0.717, 1.165) is 56.4 Å². The smallest absolute Gasteiger partial charge is 0.160 e. The predicted octanol–water partition coefficient (Wildman–Crippen LogP) is 0.716. The van der Waals surface area contributed by atoms with E-state index in [0.29, 0.717) is 0 Å². The number of pyridine rings is 1. The fraction of sp³-hybridized carbons (Fsp3) is 0.615. The molecule has 0 bridgehead atoms. The lowest BCUT2D eigenvalue weighted by molar-refractivity contribution is 0.249. The van der Waals surface area contributed by atoms with Crippen molar-refractivity contribution < 1.29 is 4.74 Å². The van der Waals surface area contributed by atoms with Gasteiger partial charge < -0.3 is 15.4 Å². The van der Waals surface area contributed by atoms with Crippen LogP contribution < -0.4 is 15.4 Å². The molecule has 5 heteroatoms. The van der Waals surface area contributed by atoms with Crippen LogP contribution in [0.2, 0.25) is 0 Å². The Labute approximate surface area is 109 Å². The minimum Gasteiger partial charge on any atom is -0.493 e. The van der Waals surface area contributed by atoms with Crippen LogP contribution in [0.25, 0.3) is 0 Å². The average molecular weight is 250 g/mol. The van der Waals surface area contributed by atoms with E-state index < -0.39 is 0 Å². The topological polar surface area (TPSA) is 49.4 Å². The van der Waals surface area contributed by atoms with Crippen molar-refractivity contribution in [2.75, 3.05) is 51.7 Å². The maximum Gasteiger partial charge on any atom is 0.160 e. The molecule has 100 valence electrons. The summed E-state index contributed by atoms with van der Waals surface area (Å²) >= 11 is 0. The number of hydrogen-bond acceptors (Lipinski definition) is 5. The molecule has 1 saturated heterocycles. The van der Waals surface area contributed by atoms with Crippen LogP contribution >= 0.6 is 0 Å². The monoisotopic (exact) mass is 250 g/mol. The number of methoxy groups -OCH3 is 1. The lowest BCUT2D eigenvalue weighted by Gasteiger charge is -2.27. The van der Waals surface area contributed by atoms with Crippen molar-refractivity contribution >= 4 is 5.69 Å². The maximum absolute atomic E-state index is 5.29. The van der Waals surface area contributed by atoms with Gasteiger partial charge in [-0.3, -0.25) is 9.88 Å². The highest BCUT2D eigenvalue weighted by atomic mass is 16.5. The van der Waals surface area contributed by atoms with E-state index in [2.05, 4.69) is 20.5 Å². The molecule has 0 aliphatic carbocycles. The first kappa shape index (κ1) is 13.1. The van der Waals surface area contributed by atoms with E-state index in [-0.39, 0.29) is 0 Å². The molecule has 2 rings (SSSR count). The lowest BCUT2D eigenvalue weighted by Crippen LogP contribution is -2.45. The summed E-state index contributed by atoms with van der Waals surface area (Å²) in [6, 6.07) is 2.02. The molecule has 0 amide bonds. The summed E-state index contributed by atoms with van der Waals surface area (Å²) < 4.78 is 5.29. The van der Waals surface area contributed by atoms with Crippen LogP contribution in [0.5, 0.6) is 5.75 Å². The number of rotatable bonds is 5. The predicted molar refractivity (Wildman–Crippen MR) is 73.3 cm³/mol. The van der Waals surface area contributed by atoms with Gasteiger partial charge in [-0.15, -0.1) is 0 Å². The SMILES string of the molecule is COc1cnc(C)cc1NCCN1CCNCC1. The standard InChI is InChI=1S/C13H22N4O/c1-11-9-12(13(18-2)10-16-11)15-5-8-17-6-3-14-4-7-17/h9-10,14H,3-8H2,1-2H3,(H,15,16). The third-order valence-corrected chi connectivity index (χ3v) is 3.18. The van der Waals surface area contributed by atoms with Crippen LogP contribution in [0.15, 0.2) is 12.3 Å². The van der Waals surface area contributed by atoms with E-state index in [1.807, 2.05) is 13.0 Å². The molecule has 0 unspecified atom stereocenters. The van der Waals surface area contributed by atoms with Crippen LogP contribution in [0, 0.1) is 6.92 Å². The highest BCUT2D eigenvalue weighted by Crippen LogP contribution is 2.22. The number of aromatic nitrogens is 1. The molecular formula is C13H22N4O. The third-order valence-electron chi connectivity index (χ3n) is 3.18. The van der Waals surface area contributed by atoms with Gasteiger partial charge in [-0.1, -0.05) is 0 Å². The van der Waals surface area contributed by atoms with E-state index in [9.17, 15) is 0 Å². The molecule has 0 radical (unpaired) electrons. The Morgan fingerprint density at radius 2 is 2.22 bits per heavy atom. The van der Waals surface area contributed by atoms with Gasteiger partial charge in [-0.05, 0) is 13.0 Å². The van der Waals surface area contributed by atoms with Crippen molar-refractivity contribution in [3.05, 3.63) is 18.0 Å². The van der Waals surface area contributed by atoms with E-state index in [4.69, 9.17) is 4.74 Å². The zero-order valence-electron chi connectivity index (χ0n) is 11.2. The third kappa shape index (κ3) is 3.58. The molecule has 1 fully saturated rings. The zero-order valence-corrected chi connectivity index (χ0v) is 11.2. The number of hydrogen-bond donors (Lipinski definition) is 2. The Hall–Kier alpha value is -1.33. The van der Waals surface area contributed by atoms with Crippen LogP contribution in [0.4, 0.5) is 5.69 Å². The highest BCUT2D eigenvalue weighted by Gasteiger charge is 2.09. The minimum atomic E-state index is 0.806. The Balaban J connectivity index is 1.83. The van der Waals surface area contributed by atoms with Gasteiger partial charge in [0.05, 0.1) is 19.0 Å². The maximum atomic E-state index is 5.29. The molecule has 0 atom stereocenters. The Morgan fingerprint density at radius 3 is 2.94 bits per heavy atom. The molecule has 0 spiro atoms. The molecule has 1 aromatic heterocycles. The number of anilines is 1. The molecule has 5 nitrogen and oxygen atoms in total. The normalized spacial score (nSPS) is 16.6. The van der Waals surface area contributed by atoms with Crippen molar-refractivity contribution in [3.63, 3.8) is 0 Å². The van der Waals surface area contributed by atoms with Crippen molar-refractivity contribution in [1.29, 1.82) is 0 Å². The lowest BCUT2D eigenvalue weighted by atomic mass is 10.3. The molecule has 0 aromatic carbocycles. The van der Waals surface area contributed by atoms with Crippen LogP contribution in [0.3, 0.4) is 0 Å². The second-order valence-electron chi connectivity index (χ2n) is 4.54. The Kier molecular flexibility index (Phi) is 4.78. The van der Waals surface area contributed by atoms with E-state index in [1.54, 1.807) is 13.3 Å². The summed E-state index contributed by atoms with van der Waals surface area (Å²) in [4.78, 5) is 6.69. The van der Waals surface area contributed by atoms with Gasteiger partial charge in [0.15, 0.2) is 5.75 Å². The molecule has 0 saturated carbocycles. The van der Waals surface area contributed by atoms with Crippen molar-refractivity contribution in [3.8, 4) is 5.75 Å². The number of nitrogens with one attached hydrogen (secondary N) is 2. The molecule has 2 N–H and O–H groups in total. The van der Waals surface area contributed by atoms with Gasteiger partial charge in [0.25, 0.3) is 0 Å². The first-order valence-electron chi connectivity index (χ1n) is 6.47. The summed E-state index contributed by atoms with van der Waals surface area (Å²) in [5, 5.41) is 6.78. The molecular weight excluding hydrogens is 228 g/mol. The van der Waals surface area contributed by atoms with Gasteiger partial charge in [-0.2, -0.15) is 0 Å². The van der Waals surface area contributed by atoms with Crippen molar-refractivity contribution in [2.24, 2.45) is 0 Å². The summed E-state index contributed by atoms with van der Waals surface area (Å²) in [6.07, 6.45) is 1.77. The number of nitrogens with zero attached hydrogens (tertiary/aromatic N) is 2.